The summed E-state index contributed by atoms with van der Waals surface area (Å²) in [6, 6.07) is 0. The van der Waals surface area contributed by atoms with Crippen LogP contribution in [0.2, 0.25) is 0 Å². The topological polar surface area (TPSA) is 20.2 Å². The van der Waals surface area contributed by atoms with E-state index in [1.165, 1.54) is 0 Å². The molecule has 0 radical (unpaired) electrons. The predicted octanol–water partition coefficient (Wildman–Crippen LogP) is 6.55. The van der Waals surface area contributed by atoms with Crippen molar-refractivity contribution in [2.24, 2.45) is 0 Å². The van der Waals surface area contributed by atoms with Gasteiger partial charge in [-0.15, -0.1) is 0 Å². The van der Waals surface area contributed by atoms with Gasteiger partial charge < -0.3 is 5.11 Å². The van der Waals surface area contributed by atoms with Crippen LogP contribution in [0, 0.1) is 0 Å². The minimum atomic E-state index is -8.66. The number of aliphatic hydroxyl groups is 1. The minimum Gasteiger partial charge on any atom is -0.387 e. The van der Waals surface area contributed by atoms with Crippen LogP contribution in [0.1, 0.15) is 26.2 Å². The Balaban J connectivity index is 6.63. The lowest BCUT2D eigenvalue weighted by atomic mass is 9.87. The first-order valence-corrected chi connectivity index (χ1v) is 7.62. The van der Waals surface area contributed by atoms with Crippen LogP contribution in [0.15, 0.2) is 0 Å². The summed E-state index contributed by atoms with van der Waals surface area (Å²) in [4.78, 5) is 0. The van der Waals surface area contributed by atoms with Gasteiger partial charge in [0.25, 0.3) is 0 Å². The Morgan fingerprint density at radius 2 is 0.806 bits per heavy atom. The molecule has 0 aromatic heterocycles. The maximum atomic E-state index is 13.5. The second-order valence-corrected chi connectivity index (χ2v) is 6.23. The Hall–Kier alpha value is -1.23. The Kier molecular flexibility index (Phi) is 7.65. The number of aliphatic hydroxyl groups excluding tert-OH is 1. The number of rotatable bonds is 10. The SMILES string of the molecule is CCCCC(O)C(F)(F)C(F)(F)C(F)(F)C(F)(F)C(F)(F)C(F)(F)C(F)(F)C(F)(F)F. The largest absolute Gasteiger partial charge is 0.460 e. The van der Waals surface area contributed by atoms with Crippen LogP contribution in [0.3, 0.4) is 0 Å². The summed E-state index contributed by atoms with van der Waals surface area (Å²) in [6.07, 6.45) is -14.1. The van der Waals surface area contributed by atoms with Gasteiger partial charge in [-0.3, -0.25) is 0 Å². The molecular formula is C13H11F17O. The highest BCUT2D eigenvalue weighted by Gasteiger charge is 2.95. The average Bonchev–Trinajstić information content (AvgIpc) is 2.57. The molecule has 0 saturated carbocycles. The first-order chi connectivity index (χ1) is 13.2. The molecule has 31 heavy (non-hydrogen) atoms. The van der Waals surface area contributed by atoms with E-state index in [1.54, 1.807) is 0 Å². The Morgan fingerprint density at radius 3 is 1.10 bits per heavy atom. The fourth-order valence-corrected chi connectivity index (χ4v) is 1.96. The Bertz CT molecular complexity index is 620. The third-order valence-corrected chi connectivity index (χ3v) is 4.00. The number of alkyl halides is 17. The Morgan fingerprint density at radius 1 is 0.516 bits per heavy atom. The molecule has 0 aliphatic carbocycles. The summed E-state index contributed by atoms with van der Waals surface area (Å²) in [7, 11) is 0. The molecule has 1 atom stereocenters. The van der Waals surface area contributed by atoms with Gasteiger partial charge in [0.05, 0.1) is 0 Å². The monoisotopic (exact) mass is 506 g/mol. The molecule has 0 saturated heterocycles. The van der Waals surface area contributed by atoms with Crippen LogP contribution < -0.4 is 0 Å². The van der Waals surface area contributed by atoms with Crippen molar-refractivity contribution >= 4 is 0 Å². The quantitative estimate of drug-likeness (QED) is 0.334. The second kappa shape index (κ2) is 7.97. The van der Waals surface area contributed by atoms with Crippen molar-refractivity contribution in [3.63, 3.8) is 0 Å². The number of halogens is 17. The normalized spacial score (nSPS) is 17.1. The van der Waals surface area contributed by atoms with E-state index in [2.05, 4.69) is 0 Å². The maximum absolute atomic E-state index is 13.5. The van der Waals surface area contributed by atoms with Crippen molar-refractivity contribution in [1.29, 1.82) is 0 Å². The molecule has 0 aromatic rings. The minimum absolute atomic E-state index is 0.192. The summed E-state index contributed by atoms with van der Waals surface area (Å²) in [6.45, 7) is 1.16. The van der Waals surface area contributed by atoms with Crippen molar-refractivity contribution in [3.8, 4) is 0 Å². The molecule has 0 rings (SSSR count). The van der Waals surface area contributed by atoms with E-state index >= 15 is 0 Å². The summed E-state index contributed by atoms with van der Waals surface area (Å²) in [5.74, 6) is -56.9. The van der Waals surface area contributed by atoms with Crippen molar-refractivity contribution < 1.29 is 79.7 Å². The zero-order chi connectivity index (χ0) is 25.7. The van der Waals surface area contributed by atoms with Gasteiger partial charge in [0.15, 0.2) is 0 Å². The predicted molar refractivity (Wildman–Crippen MR) is 66.2 cm³/mol. The van der Waals surface area contributed by atoms with E-state index in [4.69, 9.17) is 5.11 Å². The highest BCUT2D eigenvalue weighted by molar-refractivity contribution is 5.15. The van der Waals surface area contributed by atoms with Gasteiger partial charge in [0.2, 0.25) is 0 Å². The zero-order valence-corrected chi connectivity index (χ0v) is 14.6. The van der Waals surface area contributed by atoms with Gasteiger partial charge in [-0.1, -0.05) is 19.8 Å². The summed E-state index contributed by atoms with van der Waals surface area (Å²) in [5, 5.41) is 8.86. The Labute approximate surface area is 161 Å². The maximum Gasteiger partial charge on any atom is 0.460 e. The molecule has 0 fully saturated rings. The third-order valence-electron chi connectivity index (χ3n) is 4.00. The van der Waals surface area contributed by atoms with E-state index in [-0.39, 0.29) is 6.42 Å². The molecule has 0 spiro atoms. The molecule has 0 bridgehead atoms. The van der Waals surface area contributed by atoms with Gasteiger partial charge in [-0.2, -0.15) is 74.6 Å². The van der Waals surface area contributed by atoms with E-state index in [0.29, 0.717) is 0 Å². The van der Waals surface area contributed by atoms with Crippen molar-refractivity contribution in [3.05, 3.63) is 0 Å². The molecular weight excluding hydrogens is 495 g/mol. The average molecular weight is 506 g/mol. The highest BCUT2D eigenvalue weighted by Crippen LogP contribution is 2.64. The molecule has 0 aliphatic heterocycles. The van der Waals surface area contributed by atoms with Crippen LogP contribution in [-0.2, 0) is 0 Å². The number of unbranched alkanes of at least 4 members (excludes halogenated alkanes) is 1. The first kappa shape index (κ1) is 29.8. The van der Waals surface area contributed by atoms with Gasteiger partial charge in [0.1, 0.15) is 6.10 Å². The third kappa shape index (κ3) is 4.00. The summed E-state index contributed by atoms with van der Waals surface area (Å²) >= 11 is 0. The van der Waals surface area contributed by atoms with Crippen LogP contribution in [0.4, 0.5) is 74.6 Å². The molecule has 0 aromatic carbocycles. The molecule has 0 aliphatic rings. The first-order valence-electron chi connectivity index (χ1n) is 7.62. The van der Waals surface area contributed by atoms with E-state index in [9.17, 15) is 74.6 Å². The number of hydrogen-bond donors (Lipinski definition) is 1. The molecule has 18 heteroatoms. The van der Waals surface area contributed by atoms with Gasteiger partial charge >= 0.3 is 47.6 Å². The van der Waals surface area contributed by atoms with Crippen LogP contribution >= 0.6 is 0 Å². The van der Waals surface area contributed by atoms with Gasteiger partial charge in [-0.05, 0) is 6.42 Å². The summed E-state index contributed by atoms with van der Waals surface area (Å²) in [5.41, 5.74) is 0. The lowest BCUT2D eigenvalue weighted by Crippen LogP contribution is -2.75. The van der Waals surface area contributed by atoms with E-state index < -0.39 is 66.6 Å². The van der Waals surface area contributed by atoms with Crippen LogP contribution in [-0.4, -0.2) is 58.8 Å². The van der Waals surface area contributed by atoms with Crippen molar-refractivity contribution in [2.45, 2.75) is 79.9 Å². The van der Waals surface area contributed by atoms with E-state index in [0.717, 1.165) is 6.92 Å². The standard InChI is InChI=1S/C13H11F17O/c1-2-3-4-5(31)6(14,15)7(16,17)8(18,19)9(20,21)10(22,23)11(24,25)12(26,27)13(28,29)30/h5,31H,2-4H2,1H3. The number of hydrogen-bond acceptors (Lipinski definition) is 1. The highest BCUT2D eigenvalue weighted by atomic mass is 19.4. The van der Waals surface area contributed by atoms with Gasteiger partial charge in [0, 0.05) is 0 Å². The van der Waals surface area contributed by atoms with E-state index in [1.807, 2.05) is 0 Å². The summed E-state index contributed by atoms with van der Waals surface area (Å²) < 4.78 is 221. The molecule has 0 heterocycles. The lowest BCUT2D eigenvalue weighted by Gasteiger charge is -2.43. The molecule has 188 valence electrons. The van der Waals surface area contributed by atoms with Crippen LogP contribution in [0.25, 0.3) is 0 Å². The lowest BCUT2D eigenvalue weighted by molar-refractivity contribution is -0.464. The molecule has 1 unspecified atom stereocenters. The van der Waals surface area contributed by atoms with Crippen molar-refractivity contribution in [2.75, 3.05) is 0 Å². The molecule has 1 N–H and O–H groups in total. The van der Waals surface area contributed by atoms with Gasteiger partial charge in [-0.25, -0.2) is 0 Å². The molecule has 1 nitrogen and oxygen atoms in total. The van der Waals surface area contributed by atoms with Crippen molar-refractivity contribution in [1.82, 2.24) is 0 Å². The fourth-order valence-electron chi connectivity index (χ4n) is 1.96. The second-order valence-electron chi connectivity index (χ2n) is 6.23. The molecule has 0 amide bonds. The smallest absolute Gasteiger partial charge is 0.387 e. The fraction of sp³-hybridized carbons (Fsp3) is 1.00. The zero-order valence-electron chi connectivity index (χ0n) is 14.6. The van der Waals surface area contributed by atoms with Crippen LogP contribution in [0.5, 0.6) is 0 Å².